The molecule has 26 heavy (non-hydrogen) atoms. The van der Waals surface area contributed by atoms with Crippen LogP contribution in [0.25, 0.3) is 0 Å². The van der Waals surface area contributed by atoms with Crippen molar-refractivity contribution in [3.05, 3.63) is 51.1 Å². The summed E-state index contributed by atoms with van der Waals surface area (Å²) in [6.07, 6.45) is 0. The number of anilines is 1. The smallest absolute Gasteiger partial charge is 0.243 e. The number of hydrogen-bond donors (Lipinski definition) is 1. The summed E-state index contributed by atoms with van der Waals surface area (Å²) in [5.41, 5.74) is 0.608. The number of carbonyl (C=O) groups excluding carboxylic acids is 1. The highest BCUT2D eigenvalue weighted by Crippen LogP contribution is 2.28. The third-order valence-electron chi connectivity index (χ3n) is 3.56. The van der Waals surface area contributed by atoms with Crippen molar-refractivity contribution in [1.82, 2.24) is 4.31 Å². The monoisotopic (exact) mass is 508 g/mol. The van der Waals surface area contributed by atoms with Crippen LogP contribution in [0, 0.1) is 3.57 Å². The molecule has 0 saturated carbocycles. The van der Waals surface area contributed by atoms with Gasteiger partial charge in [0, 0.05) is 15.8 Å². The molecule has 0 atom stereocenters. The largest absolute Gasteiger partial charge is 0.495 e. The number of benzene rings is 2. The van der Waals surface area contributed by atoms with Crippen molar-refractivity contribution in [2.75, 3.05) is 25.5 Å². The van der Waals surface area contributed by atoms with Gasteiger partial charge in [0.1, 0.15) is 5.75 Å². The van der Waals surface area contributed by atoms with Gasteiger partial charge in [-0.25, -0.2) is 8.42 Å². The molecule has 0 aromatic heterocycles. The van der Waals surface area contributed by atoms with E-state index >= 15 is 0 Å². The lowest BCUT2D eigenvalue weighted by atomic mass is 10.3. The molecule has 0 aliphatic carbocycles. The number of hydrogen-bond acceptors (Lipinski definition) is 4. The Labute approximate surface area is 171 Å². The first kappa shape index (κ1) is 20.9. The maximum Gasteiger partial charge on any atom is 0.243 e. The van der Waals surface area contributed by atoms with E-state index < -0.39 is 15.9 Å². The van der Waals surface area contributed by atoms with Gasteiger partial charge in [0.2, 0.25) is 15.9 Å². The Bertz CT molecular complexity index is 888. The summed E-state index contributed by atoms with van der Waals surface area (Å²) >= 11 is 8.18. The van der Waals surface area contributed by atoms with Crippen molar-refractivity contribution in [2.24, 2.45) is 0 Å². The van der Waals surface area contributed by atoms with Crippen molar-refractivity contribution in [1.29, 1.82) is 0 Å². The van der Waals surface area contributed by atoms with Crippen molar-refractivity contribution >= 4 is 55.8 Å². The molecule has 0 bridgehead atoms. The third-order valence-corrected chi connectivity index (χ3v) is 6.49. The fourth-order valence-corrected chi connectivity index (χ4v) is 4.33. The molecule has 1 amide bonds. The van der Waals surface area contributed by atoms with Crippen LogP contribution in [0.5, 0.6) is 5.75 Å². The van der Waals surface area contributed by atoms with Gasteiger partial charge in [-0.05, 0) is 65.1 Å². The number of ether oxygens (including phenoxy) is 1. The molecule has 0 saturated heterocycles. The van der Waals surface area contributed by atoms with Crippen LogP contribution in [0.3, 0.4) is 0 Å². The minimum atomic E-state index is -3.86. The van der Waals surface area contributed by atoms with Gasteiger partial charge in [-0.3, -0.25) is 4.79 Å². The number of sulfonamides is 1. The van der Waals surface area contributed by atoms with E-state index in [1.165, 1.54) is 25.3 Å². The summed E-state index contributed by atoms with van der Waals surface area (Å²) in [5, 5.41) is 2.88. The van der Waals surface area contributed by atoms with Gasteiger partial charge in [-0.2, -0.15) is 4.31 Å². The standard InChI is InChI=1S/C17H18ClIN2O4S/c1-3-21(11-17(22)20-13-6-4-12(19)5-7-13)26(23,24)14-8-9-16(25-2)15(18)10-14/h4-10H,3,11H2,1-2H3,(H,20,22). The maximum atomic E-state index is 12.8. The van der Waals surface area contributed by atoms with Crippen molar-refractivity contribution in [3.63, 3.8) is 0 Å². The molecule has 2 aromatic rings. The quantitative estimate of drug-likeness (QED) is 0.580. The molecule has 0 aliphatic rings. The van der Waals surface area contributed by atoms with E-state index in [2.05, 4.69) is 27.9 Å². The first-order valence-corrected chi connectivity index (χ1v) is 10.6. The fraction of sp³-hybridized carbons (Fsp3) is 0.235. The van der Waals surface area contributed by atoms with Crippen LogP contribution < -0.4 is 10.1 Å². The van der Waals surface area contributed by atoms with Crippen LogP contribution >= 0.6 is 34.2 Å². The Hall–Kier alpha value is -1.36. The third kappa shape index (κ3) is 5.09. The molecular weight excluding hydrogens is 491 g/mol. The van der Waals surface area contributed by atoms with Gasteiger partial charge in [-0.1, -0.05) is 18.5 Å². The lowest BCUT2D eigenvalue weighted by Crippen LogP contribution is -2.37. The second-order valence-corrected chi connectivity index (χ2v) is 8.87. The van der Waals surface area contributed by atoms with E-state index in [9.17, 15) is 13.2 Å². The Morgan fingerprint density at radius 2 is 1.88 bits per heavy atom. The van der Waals surface area contributed by atoms with Crippen LogP contribution in [0.1, 0.15) is 6.92 Å². The van der Waals surface area contributed by atoms with E-state index in [0.29, 0.717) is 11.4 Å². The van der Waals surface area contributed by atoms with Crippen molar-refractivity contribution in [3.8, 4) is 5.75 Å². The molecule has 0 radical (unpaired) electrons. The molecule has 0 heterocycles. The Morgan fingerprint density at radius 1 is 1.23 bits per heavy atom. The van der Waals surface area contributed by atoms with Gasteiger partial charge >= 0.3 is 0 Å². The molecule has 0 unspecified atom stereocenters. The Balaban J connectivity index is 2.16. The zero-order chi connectivity index (χ0) is 19.3. The average Bonchev–Trinajstić information content (AvgIpc) is 2.61. The highest BCUT2D eigenvalue weighted by molar-refractivity contribution is 14.1. The van der Waals surface area contributed by atoms with E-state index in [1.807, 2.05) is 12.1 Å². The number of rotatable bonds is 7. The molecular formula is C17H18ClIN2O4S. The molecule has 0 spiro atoms. The molecule has 9 heteroatoms. The van der Waals surface area contributed by atoms with Gasteiger partial charge in [0.25, 0.3) is 0 Å². The summed E-state index contributed by atoms with van der Waals surface area (Å²) in [5.74, 6) is -0.0404. The topological polar surface area (TPSA) is 75.7 Å². The number of methoxy groups -OCH3 is 1. The second-order valence-electron chi connectivity index (χ2n) is 5.28. The molecule has 0 fully saturated rings. The van der Waals surface area contributed by atoms with Gasteiger partial charge in [0.15, 0.2) is 0 Å². The lowest BCUT2D eigenvalue weighted by molar-refractivity contribution is -0.116. The normalized spacial score (nSPS) is 11.4. The summed E-state index contributed by atoms with van der Waals surface area (Å²) in [6.45, 7) is 1.52. The summed E-state index contributed by atoms with van der Waals surface area (Å²) in [4.78, 5) is 12.3. The number of likely N-dealkylation sites (N-methyl/N-ethyl adjacent to an activating group) is 1. The minimum Gasteiger partial charge on any atom is -0.495 e. The van der Waals surface area contributed by atoms with Crippen molar-refractivity contribution < 1.29 is 17.9 Å². The zero-order valence-corrected chi connectivity index (χ0v) is 17.9. The van der Waals surface area contributed by atoms with Crippen LogP contribution in [0.15, 0.2) is 47.4 Å². The zero-order valence-electron chi connectivity index (χ0n) is 14.2. The van der Waals surface area contributed by atoms with Crippen LogP contribution in [0.2, 0.25) is 5.02 Å². The maximum absolute atomic E-state index is 12.8. The van der Waals surface area contributed by atoms with E-state index in [4.69, 9.17) is 16.3 Å². The molecule has 0 aliphatic heterocycles. The molecule has 2 rings (SSSR count). The number of nitrogens with one attached hydrogen (secondary N) is 1. The predicted octanol–water partition coefficient (Wildman–Crippen LogP) is 3.60. The SMILES string of the molecule is CCN(CC(=O)Nc1ccc(I)cc1)S(=O)(=O)c1ccc(OC)c(Cl)c1. The molecule has 6 nitrogen and oxygen atoms in total. The summed E-state index contributed by atoms with van der Waals surface area (Å²) < 4.78 is 32.7. The molecule has 140 valence electrons. The van der Waals surface area contributed by atoms with Gasteiger partial charge < -0.3 is 10.1 Å². The predicted molar refractivity (Wildman–Crippen MR) is 110 cm³/mol. The number of carbonyl (C=O) groups is 1. The van der Waals surface area contributed by atoms with Gasteiger partial charge in [-0.15, -0.1) is 0 Å². The second kappa shape index (κ2) is 9.03. The minimum absolute atomic E-state index is 0.00668. The average molecular weight is 509 g/mol. The van der Waals surface area contributed by atoms with Crippen LogP contribution in [0.4, 0.5) is 5.69 Å². The van der Waals surface area contributed by atoms with E-state index in [1.54, 1.807) is 19.1 Å². The van der Waals surface area contributed by atoms with E-state index in [0.717, 1.165) is 7.88 Å². The molecule has 1 N–H and O–H groups in total. The Kier molecular flexibility index (Phi) is 7.27. The highest BCUT2D eigenvalue weighted by atomic mass is 127. The van der Waals surface area contributed by atoms with Crippen LogP contribution in [-0.4, -0.2) is 38.8 Å². The first-order valence-electron chi connectivity index (χ1n) is 7.67. The van der Waals surface area contributed by atoms with Gasteiger partial charge in [0.05, 0.1) is 23.6 Å². The molecule has 2 aromatic carbocycles. The number of nitrogens with zero attached hydrogens (tertiary/aromatic N) is 1. The number of halogens is 2. The summed E-state index contributed by atoms with van der Waals surface area (Å²) in [6, 6.07) is 11.4. The lowest BCUT2D eigenvalue weighted by Gasteiger charge is -2.20. The highest BCUT2D eigenvalue weighted by Gasteiger charge is 2.26. The first-order chi connectivity index (χ1) is 12.3. The van der Waals surface area contributed by atoms with E-state index in [-0.39, 0.29) is 23.0 Å². The fourth-order valence-electron chi connectivity index (χ4n) is 2.22. The Morgan fingerprint density at radius 3 is 2.42 bits per heavy atom. The summed E-state index contributed by atoms with van der Waals surface area (Å²) in [7, 11) is -2.41. The van der Waals surface area contributed by atoms with Crippen molar-refractivity contribution in [2.45, 2.75) is 11.8 Å². The number of amides is 1. The van der Waals surface area contributed by atoms with Crippen LogP contribution in [-0.2, 0) is 14.8 Å².